The number of amides is 1. The largest absolute Gasteiger partial charge is 0.463 e. The summed E-state index contributed by atoms with van der Waals surface area (Å²) >= 11 is 0. The van der Waals surface area contributed by atoms with E-state index >= 15 is 0 Å². The van der Waals surface area contributed by atoms with E-state index in [0.717, 1.165) is 29.5 Å². The minimum atomic E-state index is -0.227. The van der Waals surface area contributed by atoms with E-state index in [1.165, 1.54) is 6.42 Å². The number of fused-ring (bicyclic) bond motifs is 1. The molecular weight excluding hydrogens is 350 g/mol. The maximum absolute atomic E-state index is 13.0. The van der Waals surface area contributed by atoms with Crippen molar-refractivity contribution in [3.05, 3.63) is 54.3 Å². The van der Waals surface area contributed by atoms with E-state index in [9.17, 15) is 4.79 Å². The summed E-state index contributed by atoms with van der Waals surface area (Å²) in [6.45, 7) is 6.75. The third-order valence-electron chi connectivity index (χ3n) is 5.22. The average Bonchev–Trinajstić information content (AvgIpc) is 3.18. The molecule has 2 aromatic heterocycles. The van der Waals surface area contributed by atoms with Gasteiger partial charge in [0, 0.05) is 11.1 Å². The Balaban J connectivity index is 1.66. The minimum Gasteiger partial charge on any atom is -0.463 e. The number of pyridine rings is 1. The van der Waals surface area contributed by atoms with E-state index in [1.54, 1.807) is 12.3 Å². The van der Waals surface area contributed by atoms with Crippen molar-refractivity contribution in [2.75, 3.05) is 0 Å². The van der Waals surface area contributed by atoms with E-state index in [0.29, 0.717) is 22.9 Å². The number of hydrogen-bond acceptors (Lipinski definition) is 4. The van der Waals surface area contributed by atoms with Gasteiger partial charge in [-0.25, -0.2) is 10.4 Å². The molecule has 1 aliphatic carbocycles. The van der Waals surface area contributed by atoms with Crippen LogP contribution in [0, 0.1) is 11.3 Å². The van der Waals surface area contributed by atoms with Crippen LogP contribution in [0.15, 0.2) is 58.2 Å². The van der Waals surface area contributed by atoms with Crippen molar-refractivity contribution in [1.82, 2.24) is 10.4 Å². The zero-order chi connectivity index (χ0) is 19.7. The molecule has 1 amide bonds. The molecular formula is C23H25N3O2. The van der Waals surface area contributed by atoms with E-state index in [1.807, 2.05) is 36.4 Å². The first-order valence-electron chi connectivity index (χ1n) is 9.71. The van der Waals surface area contributed by atoms with Gasteiger partial charge in [0.15, 0.2) is 5.76 Å². The number of nitrogens with one attached hydrogen (secondary N) is 1. The Hall–Kier alpha value is -2.95. The quantitative estimate of drug-likeness (QED) is 0.621. The highest BCUT2D eigenvalue weighted by Gasteiger charge is 2.29. The number of nitrogens with zero attached hydrogens (tertiary/aromatic N) is 2. The zero-order valence-electron chi connectivity index (χ0n) is 16.5. The van der Waals surface area contributed by atoms with Crippen LogP contribution in [0.5, 0.6) is 0 Å². The molecule has 1 atom stereocenters. The number of hydrogen-bond donors (Lipinski definition) is 1. The van der Waals surface area contributed by atoms with Crippen molar-refractivity contribution >= 4 is 22.5 Å². The first-order valence-corrected chi connectivity index (χ1v) is 9.71. The molecule has 0 radical (unpaired) electrons. The third-order valence-corrected chi connectivity index (χ3v) is 5.22. The van der Waals surface area contributed by atoms with Crippen LogP contribution in [0.3, 0.4) is 0 Å². The first-order chi connectivity index (χ1) is 13.4. The highest BCUT2D eigenvalue weighted by molar-refractivity contribution is 6.07. The Labute approximate surface area is 164 Å². The fourth-order valence-corrected chi connectivity index (χ4v) is 4.30. The Kier molecular flexibility index (Phi) is 4.75. The molecule has 0 bridgehead atoms. The fourth-order valence-electron chi connectivity index (χ4n) is 4.30. The van der Waals surface area contributed by atoms with Crippen LogP contribution >= 0.6 is 0 Å². The van der Waals surface area contributed by atoms with Crippen molar-refractivity contribution in [3.8, 4) is 11.5 Å². The lowest BCUT2D eigenvalue weighted by Crippen LogP contribution is -2.30. The van der Waals surface area contributed by atoms with E-state index in [2.05, 4.69) is 36.3 Å². The predicted molar refractivity (Wildman–Crippen MR) is 111 cm³/mol. The summed E-state index contributed by atoms with van der Waals surface area (Å²) in [7, 11) is 0. The van der Waals surface area contributed by atoms with Gasteiger partial charge in [0.25, 0.3) is 5.91 Å². The topological polar surface area (TPSA) is 67.5 Å². The lowest BCUT2D eigenvalue weighted by Gasteiger charge is -2.34. The van der Waals surface area contributed by atoms with Crippen LogP contribution in [-0.2, 0) is 0 Å². The summed E-state index contributed by atoms with van der Waals surface area (Å²) in [4.78, 5) is 17.6. The molecule has 1 fully saturated rings. The monoisotopic (exact) mass is 375 g/mol. The third kappa shape index (κ3) is 3.84. The summed E-state index contributed by atoms with van der Waals surface area (Å²) < 4.78 is 5.47. The second-order valence-corrected chi connectivity index (χ2v) is 8.52. The van der Waals surface area contributed by atoms with E-state index in [4.69, 9.17) is 4.42 Å². The van der Waals surface area contributed by atoms with Gasteiger partial charge < -0.3 is 4.42 Å². The summed E-state index contributed by atoms with van der Waals surface area (Å²) in [5.41, 5.74) is 5.99. The molecule has 1 aromatic carbocycles. The van der Waals surface area contributed by atoms with Gasteiger partial charge in [0.05, 0.1) is 17.3 Å². The SMILES string of the molecule is C[C@@H]1C/C(=N\NC(=O)c2cc(-c3ccco3)nc3ccccc23)CC(C)(C)C1. The van der Waals surface area contributed by atoms with Crippen molar-refractivity contribution in [2.45, 2.75) is 40.0 Å². The van der Waals surface area contributed by atoms with Crippen LogP contribution in [0.4, 0.5) is 0 Å². The van der Waals surface area contributed by atoms with E-state index in [-0.39, 0.29) is 11.3 Å². The van der Waals surface area contributed by atoms with Crippen LogP contribution in [0.1, 0.15) is 50.4 Å². The van der Waals surface area contributed by atoms with Crippen LogP contribution in [-0.4, -0.2) is 16.6 Å². The molecule has 0 saturated heterocycles. The molecule has 5 heteroatoms. The van der Waals surface area contributed by atoms with Gasteiger partial charge in [0.1, 0.15) is 5.69 Å². The zero-order valence-corrected chi connectivity index (χ0v) is 16.5. The molecule has 144 valence electrons. The minimum absolute atomic E-state index is 0.219. The van der Waals surface area contributed by atoms with Gasteiger partial charge in [-0.15, -0.1) is 0 Å². The number of rotatable bonds is 3. The average molecular weight is 375 g/mol. The standard InChI is InChI=1S/C23H25N3O2/c1-15-11-16(14-23(2,3)13-15)25-26-22(27)18-12-20(21-9-6-10-28-21)24-19-8-5-4-7-17(18)19/h4-10,12,15H,11,13-14H2,1-3H3,(H,26,27)/b25-16+/t15-/m1/s1. The number of aromatic nitrogens is 1. The van der Waals surface area contributed by atoms with Crippen molar-refractivity contribution < 1.29 is 9.21 Å². The number of para-hydroxylation sites is 1. The normalized spacial score (nSPS) is 20.4. The maximum atomic E-state index is 13.0. The highest BCUT2D eigenvalue weighted by Crippen LogP contribution is 2.37. The fraction of sp³-hybridized carbons (Fsp3) is 0.348. The van der Waals surface area contributed by atoms with Crippen molar-refractivity contribution in [1.29, 1.82) is 0 Å². The number of furan rings is 1. The van der Waals surface area contributed by atoms with Crippen LogP contribution in [0.25, 0.3) is 22.4 Å². The lowest BCUT2D eigenvalue weighted by molar-refractivity contribution is 0.0955. The Bertz CT molecular complexity index is 1040. The molecule has 1 N–H and O–H groups in total. The second kappa shape index (κ2) is 7.23. The predicted octanol–water partition coefficient (Wildman–Crippen LogP) is 5.43. The number of carbonyl (C=O) groups excluding carboxylic acids is 1. The molecule has 0 unspecified atom stereocenters. The Morgan fingerprint density at radius 3 is 2.82 bits per heavy atom. The Morgan fingerprint density at radius 2 is 2.07 bits per heavy atom. The van der Waals surface area contributed by atoms with Crippen LogP contribution in [0.2, 0.25) is 0 Å². The summed E-state index contributed by atoms with van der Waals surface area (Å²) in [6, 6.07) is 13.0. The highest BCUT2D eigenvalue weighted by atomic mass is 16.3. The molecule has 1 saturated carbocycles. The van der Waals surface area contributed by atoms with Gasteiger partial charge in [-0.3, -0.25) is 4.79 Å². The number of benzene rings is 1. The molecule has 28 heavy (non-hydrogen) atoms. The van der Waals surface area contributed by atoms with Crippen molar-refractivity contribution in [2.24, 2.45) is 16.4 Å². The number of carbonyl (C=O) groups is 1. The lowest BCUT2D eigenvalue weighted by atomic mass is 9.72. The second-order valence-electron chi connectivity index (χ2n) is 8.52. The molecule has 3 aromatic rings. The number of hydrazone groups is 1. The molecule has 4 rings (SSSR count). The smallest absolute Gasteiger partial charge is 0.272 e. The van der Waals surface area contributed by atoms with E-state index < -0.39 is 0 Å². The maximum Gasteiger partial charge on any atom is 0.272 e. The Morgan fingerprint density at radius 1 is 1.25 bits per heavy atom. The molecule has 1 aliphatic rings. The summed E-state index contributed by atoms with van der Waals surface area (Å²) in [6.07, 6.45) is 4.62. The summed E-state index contributed by atoms with van der Waals surface area (Å²) in [5, 5.41) is 5.28. The van der Waals surface area contributed by atoms with Gasteiger partial charge in [0.2, 0.25) is 0 Å². The molecule has 2 heterocycles. The van der Waals surface area contributed by atoms with Gasteiger partial charge in [-0.05, 0) is 54.9 Å². The molecule has 5 nitrogen and oxygen atoms in total. The first kappa shape index (κ1) is 18.4. The van der Waals surface area contributed by atoms with Gasteiger partial charge in [-0.1, -0.05) is 39.0 Å². The van der Waals surface area contributed by atoms with Crippen LogP contribution < -0.4 is 5.43 Å². The van der Waals surface area contributed by atoms with Crippen molar-refractivity contribution in [3.63, 3.8) is 0 Å². The van der Waals surface area contributed by atoms with Gasteiger partial charge >= 0.3 is 0 Å². The van der Waals surface area contributed by atoms with Gasteiger partial charge in [-0.2, -0.15) is 5.10 Å². The molecule has 0 aliphatic heterocycles. The molecule has 0 spiro atoms. The summed E-state index contributed by atoms with van der Waals surface area (Å²) in [5.74, 6) is 0.982.